The minimum absolute atomic E-state index is 0.142. The van der Waals surface area contributed by atoms with Gasteiger partial charge in [0.2, 0.25) is 0 Å². The van der Waals surface area contributed by atoms with E-state index in [2.05, 4.69) is 4.67 Å². The molecule has 0 fully saturated rings. The monoisotopic (exact) mass is 606 g/mol. The molecule has 0 spiro atoms. The Hall–Kier alpha value is -1.90. The van der Waals surface area contributed by atoms with Crippen LogP contribution in [0.1, 0.15) is 40.3 Å². The lowest BCUT2D eigenvalue weighted by Gasteiger charge is -2.37. The van der Waals surface area contributed by atoms with Gasteiger partial charge in [0.15, 0.2) is 0 Å². The number of phenols is 2. The predicted octanol–water partition coefficient (Wildman–Crippen LogP) is 1.62. The maximum atomic E-state index is 13.2. The van der Waals surface area contributed by atoms with E-state index < -0.39 is 47.0 Å². The van der Waals surface area contributed by atoms with Gasteiger partial charge in [-0.25, -0.2) is 5.26 Å². The summed E-state index contributed by atoms with van der Waals surface area (Å²) in [5.41, 5.74) is 2.48. The first-order chi connectivity index (χ1) is 18.9. The Kier molecular flexibility index (Phi) is 11.3. The number of fused-ring (bicyclic) bond motifs is 1. The Morgan fingerprint density at radius 2 is 1.82 bits per heavy atom. The van der Waals surface area contributed by atoms with Gasteiger partial charge in [0.25, 0.3) is 0 Å². The molecule has 1 heterocycles. The molecule has 224 valence electrons. The predicted molar refractivity (Wildman–Crippen MR) is 142 cm³/mol. The summed E-state index contributed by atoms with van der Waals surface area (Å²) in [6, 6.07) is 4.88. The molecule has 14 nitrogen and oxygen atoms in total. The van der Waals surface area contributed by atoms with E-state index in [1.807, 2.05) is 6.92 Å². The van der Waals surface area contributed by atoms with E-state index in [0.717, 1.165) is 0 Å². The smallest absolute Gasteiger partial charge is 0.371 e. The SMILES string of the molecule is CCc1cc(CO)cc(O)c1CN(CC(CO)N1Cc2c(O)ccc(CO)c2COP(=O)(OO)C1)CP(=O)(O)O. The van der Waals surface area contributed by atoms with Crippen LogP contribution in [0, 0.1) is 0 Å². The highest BCUT2D eigenvalue weighted by molar-refractivity contribution is 7.53. The van der Waals surface area contributed by atoms with E-state index in [9.17, 15) is 49.7 Å². The van der Waals surface area contributed by atoms with Crippen molar-refractivity contribution in [3.63, 3.8) is 0 Å². The van der Waals surface area contributed by atoms with E-state index in [0.29, 0.717) is 39.8 Å². The molecule has 16 heteroatoms. The van der Waals surface area contributed by atoms with Crippen LogP contribution in [0.2, 0.25) is 0 Å². The van der Waals surface area contributed by atoms with Crippen molar-refractivity contribution in [2.45, 2.75) is 52.3 Å². The molecule has 1 aliphatic heterocycles. The van der Waals surface area contributed by atoms with Crippen LogP contribution in [0.3, 0.4) is 0 Å². The fraction of sp³-hybridized carbons (Fsp3) is 0.500. The summed E-state index contributed by atoms with van der Waals surface area (Å²) >= 11 is 0. The Morgan fingerprint density at radius 3 is 2.40 bits per heavy atom. The molecule has 3 rings (SSSR count). The fourth-order valence-corrected chi connectivity index (χ4v) is 6.84. The molecular weight excluding hydrogens is 570 g/mol. The zero-order valence-electron chi connectivity index (χ0n) is 22.0. The molecule has 0 radical (unpaired) electrons. The van der Waals surface area contributed by atoms with Crippen LogP contribution in [0.5, 0.6) is 11.5 Å². The summed E-state index contributed by atoms with van der Waals surface area (Å²) in [5, 5.41) is 60.2. The quantitative estimate of drug-likeness (QED) is 0.0978. The molecule has 1 aliphatic rings. The second-order valence-electron chi connectivity index (χ2n) is 9.63. The lowest BCUT2D eigenvalue weighted by Crippen LogP contribution is -2.47. The van der Waals surface area contributed by atoms with Crippen molar-refractivity contribution in [1.82, 2.24) is 9.80 Å². The number of hydrogen-bond donors (Lipinski definition) is 8. The normalized spacial score (nSPS) is 19.3. The lowest BCUT2D eigenvalue weighted by molar-refractivity contribution is -0.152. The first kappa shape index (κ1) is 32.6. The van der Waals surface area contributed by atoms with Gasteiger partial charge in [0.1, 0.15) is 24.1 Å². The minimum atomic E-state index is -4.65. The third-order valence-corrected chi connectivity index (χ3v) is 9.07. The van der Waals surface area contributed by atoms with Gasteiger partial charge in [-0.15, -0.1) is 0 Å². The topological polar surface area (TPSA) is 221 Å². The van der Waals surface area contributed by atoms with Gasteiger partial charge in [-0.3, -0.25) is 18.9 Å². The zero-order chi connectivity index (χ0) is 29.7. The Bertz CT molecular complexity index is 1270. The highest BCUT2D eigenvalue weighted by atomic mass is 31.2. The number of aliphatic hydroxyl groups is 3. The third kappa shape index (κ3) is 8.10. The summed E-state index contributed by atoms with van der Waals surface area (Å²) < 4.78 is 34.8. The maximum Gasteiger partial charge on any atom is 0.371 e. The fourth-order valence-electron chi connectivity index (χ4n) is 4.82. The minimum Gasteiger partial charge on any atom is -0.508 e. The van der Waals surface area contributed by atoms with Gasteiger partial charge in [-0.05, 0) is 40.8 Å². The molecule has 0 bridgehead atoms. The van der Waals surface area contributed by atoms with Gasteiger partial charge < -0.3 is 39.8 Å². The standard InChI is InChI=1S/C24H36N2O12P2/c1-2-17-5-16(10-27)6-24(31)20(17)8-25(14-39(33,34)35)7-19(12-29)26-9-21-22(13-37-40(36,15-26)38-32)18(11-28)3-4-23(21)30/h3-6,19,27-32H,2,7-15H2,1H3,(H2,33,34,35). The van der Waals surface area contributed by atoms with Crippen LogP contribution in [0.4, 0.5) is 0 Å². The van der Waals surface area contributed by atoms with E-state index in [-0.39, 0.29) is 44.3 Å². The first-order valence-corrected chi connectivity index (χ1v) is 16.0. The Labute approximate surface area is 231 Å². The number of aliphatic hydroxyl groups excluding tert-OH is 3. The zero-order valence-corrected chi connectivity index (χ0v) is 23.7. The molecule has 2 unspecified atom stereocenters. The van der Waals surface area contributed by atoms with Gasteiger partial charge in [-0.1, -0.05) is 19.1 Å². The van der Waals surface area contributed by atoms with Gasteiger partial charge >= 0.3 is 15.2 Å². The van der Waals surface area contributed by atoms with Gasteiger partial charge in [-0.2, -0.15) is 4.67 Å². The molecule has 2 atom stereocenters. The molecule has 2 aromatic rings. The number of rotatable bonds is 12. The molecule has 0 amide bonds. The van der Waals surface area contributed by atoms with Crippen LogP contribution in [-0.4, -0.2) is 82.1 Å². The number of benzene rings is 2. The summed E-state index contributed by atoms with van der Waals surface area (Å²) in [6.45, 7) is -0.358. The number of phenolic OH excluding ortho intramolecular Hbond substituents is 2. The maximum absolute atomic E-state index is 13.2. The largest absolute Gasteiger partial charge is 0.508 e. The van der Waals surface area contributed by atoms with E-state index >= 15 is 0 Å². The van der Waals surface area contributed by atoms with Gasteiger partial charge in [0.05, 0.1) is 26.4 Å². The van der Waals surface area contributed by atoms with Crippen molar-refractivity contribution >= 4 is 15.2 Å². The van der Waals surface area contributed by atoms with Crippen molar-refractivity contribution in [3.05, 3.63) is 57.6 Å². The van der Waals surface area contributed by atoms with Crippen LogP contribution >= 0.6 is 15.2 Å². The van der Waals surface area contributed by atoms with Crippen molar-refractivity contribution in [2.24, 2.45) is 0 Å². The summed E-state index contributed by atoms with van der Waals surface area (Å²) in [5.74, 6) is -0.333. The van der Waals surface area contributed by atoms with Crippen LogP contribution in [0.15, 0.2) is 24.3 Å². The average Bonchev–Trinajstić information content (AvgIpc) is 2.90. The number of aryl methyl sites for hydroxylation is 1. The third-order valence-electron chi connectivity index (χ3n) is 6.82. The van der Waals surface area contributed by atoms with Crippen molar-refractivity contribution < 1.29 is 58.9 Å². The molecule has 0 saturated carbocycles. The Balaban J connectivity index is 2.01. The molecule has 2 aromatic carbocycles. The average molecular weight is 607 g/mol. The molecule has 40 heavy (non-hydrogen) atoms. The number of nitrogens with zero attached hydrogens (tertiary/aromatic N) is 2. The summed E-state index contributed by atoms with van der Waals surface area (Å²) in [4.78, 5) is 22.3. The molecular formula is C24H36N2O12P2. The van der Waals surface area contributed by atoms with Crippen LogP contribution < -0.4 is 0 Å². The van der Waals surface area contributed by atoms with Crippen LogP contribution in [0.25, 0.3) is 0 Å². The lowest BCUT2D eigenvalue weighted by atomic mass is 9.99. The summed E-state index contributed by atoms with van der Waals surface area (Å²) in [7, 11) is -8.84. The van der Waals surface area contributed by atoms with E-state index in [1.165, 1.54) is 28.0 Å². The van der Waals surface area contributed by atoms with Crippen molar-refractivity contribution in [2.75, 3.05) is 25.7 Å². The van der Waals surface area contributed by atoms with Crippen LogP contribution in [-0.2, 0) is 57.7 Å². The molecule has 0 saturated heterocycles. The van der Waals surface area contributed by atoms with Crippen molar-refractivity contribution in [3.8, 4) is 11.5 Å². The molecule has 0 aliphatic carbocycles. The van der Waals surface area contributed by atoms with E-state index in [1.54, 1.807) is 6.07 Å². The molecule has 0 aromatic heterocycles. The van der Waals surface area contributed by atoms with E-state index in [4.69, 9.17) is 4.52 Å². The highest BCUT2D eigenvalue weighted by Crippen LogP contribution is 2.51. The highest BCUT2D eigenvalue weighted by Gasteiger charge is 2.37. The number of hydrogen-bond acceptors (Lipinski definition) is 12. The second-order valence-corrected chi connectivity index (χ2v) is 13.2. The second kappa shape index (κ2) is 13.8. The number of aromatic hydroxyl groups is 2. The summed E-state index contributed by atoms with van der Waals surface area (Å²) in [6.07, 6.45) is -0.839. The van der Waals surface area contributed by atoms with Gasteiger partial charge in [0, 0.05) is 36.8 Å². The Morgan fingerprint density at radius 1 is 1.10 bits per heavy atom. The first-order valence-electron chi connectivity index (χ1n) is 12.4. The van der Waals surface area contributed by atoms with Crippen molar-refractivity contribution in [1.29, 1.82) is 0 Å². The molecule has 8 N–H and O–H groups in total.